The van der Waals surface area contributed by atoms with Gasteiger partial charge in [-0.3, -0.25) is 0 Å². The molecule has 112 valence electrons. The second-order valence-corrected chi connectivity index (χ2v) is 8.02. The van der Waals surface area contributed by atoms with Crippen LogP contribution in [0.3, 0.4) is 0 Å². The summed E-state index contributed by atoms with van der Waals surface area (Å²) < 4.78 is 40.4. The van der Waals surface area contributed by atoms with Gasteiger partial charge in [0.1, 0.15) is 5.82 Å². The number of rotatable bonds is 2. The van der Waals surface area contributed by atoms with Gasteiger partial charge < -0.3 is 5.73 Å². The normalized spacial score (nSPS) is 15.9. The first kappa shape index (κ1) is 14.5. The summed E-state index contributed by atoms with van der Waals surface area (Å²) >= 11 is 1.64. The molecule has 0 fully saturated rings. The summed E-state index contributed by atoms with van der Waals surface area (Å²) in [6.45, 7) is 2.27. The van der Waals surface area contributed by atoms with Gasteiger partial charge in [-0.25, -0.2) is 12.8 Å². The first-order valence-corrected chi connectivity index (χ1v) is 8.82. The molecule has 1 aromatic carbocycles. The zero-order chi connectivity index (χ0) is 15.2. The molecule has 0 saturated heterocycles. The summed E-state index contributed by atoms with van der Waals surface area (Å²) in [5, 5.41) is 1.96. The Hall–Kier alpha value is -1.44. The molecule has 0 atom stereocenters. The van der Waals surface area contributed by atoms with Crippen LogP contribution in [0.1, 0.15) is 16.0 Å². The van der Waals surface area contributed by atoms with Gasteiger partial charge in [-0.2, -0.15) is 4.31 Å². The maximum absolute atomic E-state index is 13.8. The Morgan fingerprint density at radius 2 is 2.14 bits per heavy atom. The summed E-state index contributed by atoms with van der Waals surface area (Å²) in [5.74, 6) is -0.596. The van der Waals surface area contributed by atoms with E-state index in [1.807, 2.05) is 11.4 Å². The molecule has 4 nitrogen and oxygen atoms in total. The molecule has 1 aromatic heterocycles. The van der Waals surface area contributed by atoms with Crippen molar-refractivity contribution in [2.75, 3.05) is 12.3 Å². The van der Waals surface area contributed by atoms with Crippen molar-refractivity contribution in [3.8, 4) is 0 Å². The van der Waals surface area contributed by atoms with Crippen LogP contribution >= 0.6 is 11.3 Å². The fourth-order valence-corrected chi connectivity index (χ4v) is 4.76. The van der Waals surface area contributed by atoms with E-state index >= 15 is 0 Å². The lowest BCUT2D eigenvalue weighted by molar-refractivity contribution is 0.394. The van der Waals surface area contributed by atoms with Crippen LogP contribution in [0.2, 0.25) is 0 Å². The van der Waals surface area contributed by atoms with Gasteiger partial charge in [-0.15, -0.1) is 11.3 Å². The van der Waals surface area contributed by atoms with Crippen LogP contribution in [0, 0.1) is 12.7 Å². The maximum atomic E-state index is 13.8. The lowest BCUT2D eigenvalue weighted by Gasteiger charge is -2.26. The van der Waals surface area contributed by atoms with Gasteiger partial charge in [0.15, 0.2) is 0 Å². The SMILES string of the molecule is Cc1c(N)cc(S(=O)(=O)N2CCc3sccc3C2)cc1F. The van der Waals surface area contributed by atoms with E-state index in [0.29, 0.717) is 19.5 Å². The molecule has 1 aliphatic heterocycles. The number of anilines is 1. The van der Waals surface area contributed by atoms with Crippen LogP contribution in [0.15, 0.2) is 28.5 Å². The van der Waals surface area contributed by atoms with Crippen LogP contribution in [-0.4, -0.2) is 19.3 Å². The Morgan fingerprint density at radius 1 is 1.38 bits per heavy atom. The number of nitrogens with zero attached hydrogens (tertiary/aromatic N) is 1. The molecule has 2 N–H and O–H groups in total. The third kappa shape index (κ3) is 2.45. The Labute approximate surface area is 127 Å². The molecular formula is C14H15FN2O2S2. The number of nitrogens with two attached hydrogens (primary N) is 1. The van der Waals surface area contributed by atoms with Gasteiger partial charge in [0, 0.05) is 29.2 Å². The number of hydrogen-bond acceptors (Lipinski definition) is 4. The average molecular weight is 326 g/mol. The number of nitrogen functional groups attached to an aromatic ring is 1. The highest BCUT2D eigenvalue weighted by Crippen LogP contribution is 2.29. The zero-order valence-corrected chi connectivity index (χ0v) is 13.1. The highest BCUT2D eigenvalue weighted by Gasteiger charge is 2.29. The Morgan fingerprint density at radius 3 is 2.86 bits per heavy atom. The van der Waals surface area contributed by atoms with Crippen molar-refractivity contribution in [3.05, 3.63) is 45.4 Å². The standard InChI is InChI=1S/C14H15FN2O2S2/c1-9-12(15)6-11(7-13(9)16)21(18,19)17-4-2-14-10(8-17)3-5-20-14/h3,5-7H,2,4,8,16H2,1H3. The fourth-order valence-electron chi connectivity index (χ4n) is 2.40. The van der Waals surface area contributed by atoms with Crippen molar-refractivity contribution in [2.45, 2.75) is 24.8 Å². The summed E-state index contributed by atoms with van der Waals surface area (Å²) in [6.07, 6.45) is 0.691. The van der Waals surface area contributed by atoms with Crippen LogP contribution in [0.5, 0.6) is 0 Å². The van der Waals surface area contributed by atoms with E-state index in [-0.39, 0.29) is 16.1 Å². The maximum Gasteiger partial charge on any atom is 0.243 e. The van der Waals surface area contributed by atoms with Crippen molar-refractivity contribution in [2.24, 2.45) is 0 Å². The highest BCUT2D eigenvalue weighted by atomic mass is 32.2. The van der Waals surface area contributed by atoms with E-state index in [4.69, 9.17) is 5.73 Å². The van der Waals surface area contributed by atoms with Gasteiger partial charge >= 0.3 is 0 Å². The molecule has 0 unspecified atom stereocenters. The summed E-state index contributed by atoms with van der Waals surface area (Å²) in [4.78, 5) is 1.14. The van der Waals surface area contributed by atoms with Crippen molar-refractivity contribution in [3.63, 3.8) is 0 Å². The molecule has 0 aliphatic carbocycles. The van der Waals surface area contributed by atoms with Crippen LogP contribution in [-0.2, 0) is 23.0 Å². The Balaban J connectivity index is 1.98. The Kier molecular flexibility index (Phi) is 3.51. The number of sulfonamides is 1. The largest absolute Gasteiger partial charge is 0.398 e. The second kappa shape index (κ2) is 5.08. The molecular weight excluding hydrogens is 311 g/mol. The predicted octanol–water partition coefficient (Wildman–Crippen LogP) is 2.52. The van der Waals surface area contributed by atoms with Gasteiger partial charge in [-0.1, -0.05) is 0 Å². The van der Waals surface area contributed by atoms with Gasteiger partial charge in [0.25, 0.3) is 0 Å². The van der Waals surface area contributed by atoms with Gasteiger partial charge in [-0.05, 0) is 42.5 Å². The molecule has 2 aromatic rings. The summed E-state index contributed by atoms with van der Waals surface area (Å²) in [5.41, 5.74) is 7.14. The van der Waals surface area contributed by atoms with E-state index in [1.54, 1.807) is 11.3 Å². The molecule has 3 rings (SSSR count). The fraction of sp³-hybridized carbons (Fsp3) is 0.286. The van der Waals surface area contributed by atoms with E-state index < -0.39 is 15.8 Å². The zero-order valence-electron chi connectivity index (χ0n) is 11.5. The van der Waals surface area contributed by atoms with E-state index in [9.17, 15) is 12.8 Å². The highest BCUT2D eigenvalue weighted by molar-refractivity contribution is 7.89. The monoisotopic (exact) mass is 326 g/mol. The third-order valence-corrected chi connectivity index (χ3v) is 6.61. The van der Waals surface area contributed by atoms with Gasteiger partial charge in [0.2, 0.25) is 10.0 Å². The van der Waals surface area contributed by atoms with E-state index in [0.717, 1.165) is 11.6 Å². The molecule has 7 heteroatoms. The number of hydrogen-bond donors (Lipinski definition) is 1. The molecule has 0 radical (unpaired) electrons. The van der Waals surface area contributed by atoms with Crippen molar-refractivity contribution < 1.29 is 12.8 Å². The third-order valence-electron chi connectivity index (χ3n) is 3.77. The van der Waals surface area contributed by atoms with Crippen molar-refractivity contribution >= 4 is 27.0 Å². The number of fused-ring (bicyclic) bond motifs is 1. The predicted molar refractivity (Wildman–Crippen MR) is 81.2 cm³/mol. The minimum Gasteiger partial charge on any atom is -0.398 e. The molecule has 21 heavy (non-hydrogen) atoms. The lowest BCUT2D eigenvalue weighted by Crippen LogP contribution is -2.35. The van der Waals surface area contributed by atoms with Crippen molar-refractivity contribution in [1.29, 1.82) is 0 Å². The quantitative estimate of drug-likeness (QED) is 0.863. The molecule has 1 aliphatic rings. The minimum atomic E-state index is -3.73. The molecule has 2 heterocycles. The van der Waals surface area contributed by atoms with E-state index in [1.165, 1.54) is 22.2 Å². The van der Waals surface area contributed by atoms with Crippen molar-refractivity contribution in [1.82, 2.24) is 4.31 Å². The summed E-state index contributed by atoms with van der Waals surface area (Å²) in [6, 6.07) is 4.31. The van der Waals surface area contributed by atoms with Crippen LogP contribution in [0.4, 0.5) is 10.1 Å². The number of thiophene rings is 1. The van der Waals surface area contributed by atoms with Gasteiger partial charge in [0.05, 0.1) is 4.90 Å². The average Bonchev–Trinajstić information content (AvgIpc) is 2.91. The van der Waals surface area contributed by atoms with Crippen LogP contribution < -0.4 is 5.73 Å². The molecule has 0 bridgehead atoms. The Bertz CT molecular complexity index is 776. The minimum absolute atomic E-state index is 0.0817. The molecule has 0 amide bonds. The molecule has 0 spiro atoms. The first-order valence-electron chi connectivity index (χ1n) is 6.50. The summed E-state index contributed by atoms with van der Waals surface area (Å²) in [7, 11) is -3.73. The van der Waals surface area contributed by atoms with Crippen LogP contribution in [0.25, 0.3) is 0 Å². The molecule has 0 saturated carbocycles. The topological polar surface area (TPSA) is 63.4 Å². The van der Waals surface area contributed by atoms with E-state index in [2.05, 4.69) is 0 Å². The smallest absolute Gasteiger partial charge is 0.243 e. The number of benzene rings is 1. The second-order valence-electron chi connectivity index (χ2n) is 5.08. The number of halogens is 1. The lowest BCUT2D eigenvalue weighted by atomic mass is 10.1. The first-order chi connectivity index (χ1) is 9.89.